The van der Waals surface area contributed by atoms with Crippen LogP contribution in [0.3, 0.4) is 0 Å². The summed E-state index contributed by atoms with van der Waals surface area (Å²) in [5, 5.41) is 7.24. The van der Waals surface area contributed by atoms with Gasteiger partial charge in [-0.05, 0) is 72.5 Å². The highest BCUT2D eigenvalue weighted by molar-refractivity contribution is 5.31. The summed E-state index contributed by atoms with van der Waals surface area (Å²) >= 11 is 0. The van der Waals surface area contributed by atoms with Crippen LogP contribution in [0.25, 0.3) is 0 Å². The van der Waals surface area contributed by atoms with Crippen LogP contribution < -0.4 is 10.6 Å². The lowest BCUT2D eigenvalue weighted by Gasteiger charge is -2.12. The van der Waals surface area contributed by atoms with Crippen LogP contribution in [0.15, 0.2) is 97.3 Å². The molecule has 0 fully saturated rings. The first kappa shape index (κ1) is 23.8. The lowest BCUT2D eigenvalue weighted by Crippen LogP contribution is -2.19. The standard InChI is InChI=1S/C30H34N4/c1-3-13-27(25(11-1)21-29-15-5-7-19-33-29)23-31-17-9-10-18-32-24-28-14-4-2-12-26(28)22-30-16-6-8-20-34-30/h1-8,11-16,19-20,31-32H,9-10,17-18,21-24H2. The molecule has 0 saturated carbocycles. The van der Waals surface area contributed by atoms with Crippen molar-refractivity contribution in [1.29, 1.82) is 0 Å². The second-order valence-corrected chi connectivity index (χ2v) is 8.59. The van der Waals surface area contributed by atoms with Crippen LogP contribution in [-0.2, 0) is 25.9 Å². The van der Waals surface area contributed by atoms with Crippen LogP contribution in [0, 0.1) is 0 Å². The molecule has 2 heterocycles. The molecule has 0 saturated heterocycles. The Morgan fingerprint density at radius 3 is 1.29 bits per heavy atom. The molecule has 0 radical (unpaired) electrons. The van der Waals surface area contributed by atoms with Crippen molar-refractivity contribution in [3.05, 3.63) is 131 Å². The molecule has 0 aliphatic rings. The Hall–Kier alpha value is -3.34. The fraction of sp³-hybridized carbons (Fsp3) is 0.267. The van der Waals surface area contributed by atoms with Crippen molar-refractivity contribution < 1.29 is 0 Å². The van der Waals surface area contributed by atoms with Gasteiger partial charge in [0.25, 0.3) is 0 Å². The molecule has 0 spiro atoms. The maximum Gasteiger partial charge on any atom is 0.0447 e. The molecule has 4 aromatic rings. The summed E-state index contributed by atoms with van der Waals surface area (Å²) < 4.78 is 0. The number of benzene rings is 2. The van der Waals surface area contributed by atoms with E-state index >= 15 is 0 Å². The zero-order chi connectivity index (χ0) is 23.3. The lowest BCUT2D eigenvalue weighted by molar-refractivity contribution is 0.580. The third-order valence-corrected chi connectivity index (χ3v) is 6.02. The van der Waals surface area contributed by atoms with Crippen molar-refractivity contribution in [3.8, 4) is 0 Å². The van der Waals surface area contributed by atoms with Gasteiger partial charge in [0.05, 0.1) is 0 Å². The van der Waals surface area contributed by atoms with E-state index in [9.17, 15) is 0 Å². The SMILES string of the molecule is c1ccc(Cc2ccccc2CNCCCCNCc2ccccc2Cc2ccccn2)nc1. The van der Waals surface area contributed by atoms with E-state index in [-0.39, 0.29) is 0 Å². The van der Waals surface area contributed by atoms with Gasteiger partial charge in [-0.1, -0.05) is 60.7 Å². The highest BCUT2D eigenvalue weighted by atomic mass is 14.9. The number of pyridine rings is 2. The van der Waals surface area contributed by atoms with Gasteiger partial charge in [-0.2, -0.15) is 0 Å². The fourth-order valence-corrected chi connectivity index (χ4v) is 4.15. The number of aromatic nitrogens is 2. The average molecular weight is 451 g/mol. The van der Waals surface area contributed by atoms with Crippen LogP contribution >= 0.6 is 0 Å². The number of hydrogen-bond acceptors (Lipinski definition) is 4. The minimum Gasteiger partial charge on any atom is -0.313 e. The van der Waals surface area contributed by atoms with E-state index in [1.54, 1.807) is 0 Å². The molecule has 2 aromatic carbocycles. The molecule has 0 aliphatic carbocycles. The molecular formula is C30H34N4. The van der Waals surface area contributed by atoms with Gasteiger partial charge in [0.15, 0.2) is 0 Å². The molecule has 0 bridgehead atoms. The van der Waals surface area contributed by atoms with E-state index in [4.69, 9.17) is 0 Å². The predicted octanol–water partition coefficient (Wildman–Crippen LogP) is 5.32. The molecule has 0 aliphatic heterocycles. The monoisotopic (exact) mass is 450 g/mol. The second-order valence-electron chi connectivity index (χ2n) is 8.59. The molecule has 4 heteroatoms. The van der Waals surface area contributed by atoms with E-state index in [0.717, 1.165) is 63.3 Å². The zero-order valence-corrected chi connectivity index (χ0v) is 19.8. The van der Waals surface area contributed by atoms with Gasteiger partial charge in [0.2, 0.25) is 0 Å². The Bertz CT molecular complexity index is 1020. The Morgan fingerprint density at radius 1 is 0.471 bits per heavy atom. The molecule has 4 rings (SSSR count). The van der Waals surface area contributed by atoms with E-state index < -0.39 is 0 Å². The molecule has 174 valence electrons. The van der Waals surface area contributed by atoms with Crippen molar-refractivity contribution in [2.24, 2.45) is 0 Å². The number of nitrogens with one attached hydrogen (secondary N) is 2. The summed E-state index contributed by atoms with van der Waals surface area (Å²) in [5.74, 6) is 0. The predicted molar refractivity (Wildman–Crippen MR) is 140 cm³/mol. The number of unbranched alkanes of at least 4 members (excludes halogenated alkanes) is 1. The highest BCUT2D eigenvalue weighted by Gasteiger charge is 2.05. The maximum absolute atomic E-state index is 4.47. The summed E-state index contributed by atoms with van der Waals surface area (Å²) in [7, 11) is 0. The van der Waals surface area contributed by atoms with Gasteiger partial charge in [0, 0.05) is 49.7 Å². The maximum atomic E-state index is 4.47. The molecule has 0 atom stereocenters. The minimum atomic E-state index is 0.879. The van der Waals surface area contributed by atoms with Gasteiger partial charge < -0.3 is 10.6 Å². The fourth-order valence-electron chi connectivity index (χ4n) is 4.15. The largest absolute Gasteiger partial charge is 0.313 e. The topological polar surface area (TPSA) is 49.8 Å². The van der Waals surface area contributed by atoms with Crippen molar-refractivity contribution in [3.63, 3.8) is 0 Å². The molecule has 2 N–H and O–H groups in total. The average Bonchev–Trinajstić information content (AvgIpc) is 2.89. The number of nitrogens with zero attached hydrogens (tertiary/aromatic N) is 2. The minimum absolute atomic E-state index is 0.879. The van der Waals surface area contributed by atoms with Crippen molar-refractivity contribution in [2.75, 3.05) is 13.1 Å². The van der Waals surface area contributed by atoms with Crippen LogP contribution in [0.4, 0.5) is 0 Å². The molecule has 4 nitrogen and oxygen atoms in total. The van der Waals surface area contributed by atoms with Crippen LogP contribution in [0.2, 0.25) is 0 Å². The van der Waals surface area contributed by atoms with E-state index in [0.29, 0.717) is 0 Å². The summed E-state index contributed by atoms with van der Waals surface area (Å²) in [6, 6.07) is 29.5. The van der Waals surface area contributed by atoms with Gasteiger partial charge in [-0.25, -0.2) is 0 Å². The Morgan fingerprint density at radius 2 is 0.882 bits per heavy atom. The number of hydrogen-bond donors (Lipinski definition) is 2. The molecule has 2 aromatic heterocycles. The van der Waals surface area contributed by atoms with Gasteiger partial charge in [-0.3, -0.25) is 9.97 Å². The van der Waals surface area contributed by atoms with Crippen molar-refractivity contribution in [1.82, 2.24) is 20.6 Å². The molecule has 0 unspecified atom stereocenters. The Kier molecular flexibility index (Phi) is 9.37. The Balaban J connectivity index is 1.14. The quantitative estimate of drug-likeness (QED) is 0.271. The van der Waals surface area contributed by atoms with Crippen LogP contribution in [0.1, 0.15) is 46.5 Å². The highest BCUT2D eigenvalue weighted by Crippen LogP contribution is 2.14. The first-order valence-electron chi connectivity index (χ1n) is 12.2. The van der Waals surface area contributed by atoms with Crippen molar-refractivity contribution >= 4 is 0 Å². The smallest absolute Gasteiger partial charge is 0.0447 e. The summed E-state index contributed by atoms with van der Waals surface area (Å²) in [4.78, 5) is 8.94. The molecular weight excluding hydrogens is 416 g/mol. The first-order chi connectivity index (χ1) is 16.9. The van der Waals surface area contributed by atoms with Crippen molar-refractivity contribution in [2.45, 2.75) is 38.8 Å². The first-order valence-corrected chi connectivity index (χ1v) is 12.2. The summed E-state index contributed by atoms with van der Waals surface area (Å²) in [6.45, 7) is 3.85. The normalized spacial score (nSPS) is 10.9. The van der Waals surface area contributed by atoms with E-state index in [1.165, 1.54) is 22.3 Å². The molecule has 34 heavy (non-hydrogen) atoms. The zero-order valence-electron chi connectivity index (χ0n) is 19.8. The van der Waals surface area contributed by atoms with E-state index in [2.05, 4.69) is 93.4 Å². The third kappa shape index (κ3) is 7.62. The summed E-state index contributed by atoms with van der Waals surface area (Å²) in [6.07, 6.45) is 7.80. The molecule has 0 amide bonds. The second kappa shape index (κ2) is 13.4. The van der Waals surface area contributed by atoms with Gasteiger partial charge in [-0.15, -0.1) is 0 Å². The van der Waals surface area contributed by atoms with Gasteiger partial charge in [0.1, 0.15) is 0 Å². The summed E-state index contributed by atoms with van der Waals surface area (Å²) in [5.41, 5.74) is 7.64. The Labute approximate surface area is 203 Å². The van der Waals surface area contributed by atoms with Crippen LogP contribution in [0.5, 0.6) is 0 Å². The van der Waals surface area contributed by atoms with Crippen LogP contribution in [-0.4, -0.2) is 23.1 Å². The van der Waals surface area contributed by atoms with Gasteiger partial charge >= 0.3 is 0 Å². The lowest BCUT2D eigenvalue weighted by atomic mass is 10.0. The van der Waals surface area contributed by atoms with E-state index in [1.807, 2.05) is 24.5 Å². The number of rotatable bonds is 13. The third-order valence-electron chi connectivity index (χ3n) is 6.02.